The van der Waals surface area contributed by atoms with Crippen molar-refractivity contribution in [3.63, 3.8) is 0 Å². The molecule has 0 spiro atoms. The zero-order chi connectivity index (χ0) is 35.1. The fraction of sp³-hybridized carbons (Fsp3) is 0.0400. The Kier molecular flexibility index (Phi) is 7.71. The van der Waals surface area contributed by atoms with Gasteiger partial charge in [0.25, 0.3) is 0 Å². The summed E-state index contributed by atoms with van der Waals surface area (Å²) < 4.78 is 2.39. The molecule has 3 nitrogen and oxygen atoms in total. The van der Waals surface area contributed by atoms with Crippen LogP contribution in [0.2, 0.25) is 0 Å². The van der Waals surface area contributed by atoms with Crippen molar-refractivity contribution >= 4 is 38.3 Å². The monoisotopic (exact) mass is 678 g/mol. The van der Waals surface area contributed by atoms with E-state index in [0.717, 1.165) is 22.5 Å². The third kappa shape index (κ3) is 5.78. The summed E-state index contributed by atoms with van der Waals surface area (Å²) in [6, 6.07) is 69.8. The van der Waals surface area contributed by atoms with Crippen LogP contribution in [0.3, 0.4) is 0 Å². The van der Waals surface area contributed by atoms with Gasteiger partial charge in [-0.25, -0.2) is 0 Å². The third-order valence-corrected chi connectivity index (χ3v) is 10.6. The fourth-order valence-corrected chi connectivity index (χ4v) is 7.86. The standard InChI is InChI=1S/C50H36N3/c1-3-12-37(13-4-1)46-33-47(52-50(51-46)39-14-5-2-6-15-39)38-22-19-35(20-23-38)36-25-28-43(29-26-36)53-48-18-10-9-17-44(48)45-32-42(27-30-49(45)53)41-24-21-34-11-7-8-16-40(34)31-41/h1-33,46,50,52H/q-1. The summed E-state index contributed by atoms with van der Waals surface area (Å²) in [5.41, 5.74) is 13.0. The maximum atomic E-state index is 5.17. The van der Waals surface area contributed by atoms with E-state index in [1.807, 2.05) is 0 Å². The second-order valence-electron chi connectivity index (χ2n) is 13.8. The molecule has 0 amide bonds. The Hall–Kier alpha value is -6.68. The molecule has 0 bridgehead atoms. The first-order chi connectivity index (χ1) is 26.2. The summed E-state index contributed by atoms with van der Waals surface area (Å²) in [4.78, 5) is 0. The molecule has 10 rings (SSSR count). The van der Waals surface area contributed by atoms with Crippen molar-refractivity contribution in [3.05, 3.63) is 222 Å². The van der Waals surface area contributed by atoms with E-state index in [2.05, 4.69) is 210 Å². The summed E-state index contributed by atoms with van der Waals surface area (Å²) in [5.74, 6) is 0. The Bertz CT molecular complexity index is 2760. The first kappa shape index (κ1) is 31.1. The largest absolute Gasteiger partial charge is 0.629 e. The van der Waals surface area contributed by atoms with Gasteiger partial charge in [0.1, 0.15) is 0 Å². The molecule has 1 N–H and O–H groups in total. The zero-order valence-electron chi connectivity index (χ0n) is 29.1. The van der Waals surface area contributed by atoms with Gasteiger partial charge < -0.3 is 15.2 Å². The number of hydrogen-bond donors (Lipinski definition) is 1. The molecule has 1 aliphatic rings. The van der Waals surface area contributed by atoms with Crippen molar-refractivity contribution in [2.45, 2.75) is 12.2 Å². The van der Waals surface area contributed by atoms with Crippen LogP contribution >= 0.6 is 0 Å². The highest BCUT2D eigenvalue weighted by Crippen LogP contribution is 2.40. The lowest BCUT2D eigenvalue weighted by Crippen LogP contribution is -2.25. The Morgan fingerprint density at radius 3 is 1.75 bits per heavy atom. The predicted molar refractivity (Wildman–Crippen MR) is 222 cm³/mol. The van der Waals surface area contributed by atoms with Crippen LogP contribution in [-0.2, 0) is 0 Å². The molecule has 8 aromatic carbocycles. The van der Waals surface area contributed by atoms with Gasteiger partial charge in [-0.2, -0.15) is 0 Å². The Labute approximate surface area is 309 Å². The molecule has 53 heavy (non-hydrogen) atoms. The summed E-state index contributed by atoms with van der Waals surface area (Å²) >= 11 is 0. The predicted octanol–water partition coefficient (Wildman–Crippen LogP) is 13.0. The lowest BCUT2D eigenvalue weighted by Gasteiger charge is -2.45. The SMILES string of the molecule is C1=C(c2ccc(-c3ccc(-n4c5ccccc5c5cc(-c6ccc7ccccc7c6)ccc54)cc3)cc2)NC(c2ccccc2)[N-]C1c1ccccc1. The number of aromatic nitrogens is 1. The van der Waals surface area contributed by atoms with Crippen molar-refractivity contribution in [2.24, 2.45) is 0 Å². The molecule has 2 atom stereocenters. The molecule has 0 saturated carbocycles. The highest BCUT2D eigenvalue weighted by molar-refractivity contribution is 6.10. The molecule has 2 heterocycles. The molecular formula is C50H36N3-. The van der Waals surface area contributed by atoms with Gasteiger partial charge in [0, 0.05) is 22.2 Å². The molecule has 9 aromatic rings. The highest BCUT2D eigenvalue weighted by atomic mass is 15.2. The Morgan fingerprint density at radius 2 is 0.981 bits per heavy atom. The van der Waals surface area contributed by atoms with Crippen LogP contribution < -0.4 is 5.32 Å². The van der Waals surface area contributed by atoms with Crippen LogP contribution in [0.25, 0.3) is 71.5 Å². The molecular weight excluding hydrogens is 643 g/mol. The van der Waals surface area contributed by atoms with Crippen molar-refractivity contribution in [1.82, 2.24) is 9.88 Å². The summed E-state index contributed by atoms with van der Waals surface area (Å²) in [6.45, 7) is 0. The number of hydrogen-bond acceptors (Lipinski definition) is 1. The van der Waals surface area contributed by atoms with Crippen LogP contribution in [-0.4, -0.2) is 4.57 Å². The zero-order valence-corrected chi connectivity index (χ0v) is 29.1. The lowest BCUT2D eigenvalue weighted by atomic mass is 9.97. The van der Waals surface area contributed by atoms with Gasteiger partial charge in [-0.15, -0.1) is 0 Å². The third-order valence-electron chi connectivity index (χ3n) is 10.6. The van der Waals surface area contributed by atoms with Crippen LogP contribution in [0, 0.1) is 0 Å². The minimum absolute atomic E-state index is 0.0315. The number of fused-ring (bicyclic) bond motifs is 4. The molecule has 0 saturated heterocycles. The van der Waals surface area contributed by atoms with Crippen molar-refractivity contribution in [2.75, 3.05) is 0 Å². The number of nitrogens with zero attached hydrogens (tertiary/aromatic N) is 2. The Balaban J connectivity index is 0.959. The number of benzene rings is 8. The van der Waals surface area contributed by atoms with E-state index in [4.69, 9.17) is 5.32 Å². The van der Waals surface area contributed by atoms with E-state index in [1.165, 1.54) is 60.4 Å². The fourth-order valence-electron chi connectivity index (χ4n) is 7.86. The molecule has 3 heteroatoms. The Morgan fingerprint density at radius 1 is 0.415 bits per heavy atom. The molecule has 0 fully saturated rings. The van der Waals surface area contributed by atoms with Gasteiger partial charge in [-0.05, 0) is 86.7 Å². The molecule has 0 radical (unpaired) electrons. The van der Waals surface area contributed by atoms with Gasteiger partial charge in [-0.3, -0.25) is 0 Å². The van der Waals surface area contributed by atoms with Gasteiger partial charge in [0.15, 0.2) is 0 Å². The number of rotatable bonds is 6. The van der Waals surface area contributed by atoms with Gasteiger partial charge in [0.05, 0.1) is 11.0 Å². The second-order valence-corrected chi connectivity index (χ2v) is 13.8. The maximum absolute atomic E-state index is 5.17. The molecule has 252 valence electrons. The average molecular weight is 679 g/mol. The van der Waals surface area contributed by atoms with Crippen LogP contribution in [0.15, 0.2) is 200 Å². The first-order valence-corrected chi connectivity index (χ1v) is 18.3. The molecule has 0 aliphatic carbocycles. The van der Waals surface area contributed by atoms with E-state index in [1.54, 1.807) is 0 Å². The van der Waals surface area contributed by atoms with Gasteiger partial charge in [0.2, 0.25) is 0 Å². The summed E-state index contributed by atoms with van der Waals surface area (Å²) in [6.07, 6.45) is 2.12. The quantitative estimate of drug-likeness (QED) is 0.186. The van der Waals surface area contributed by atoms with E-state index < -0.39 is 0 Å². The van der Waals surface area contributed by atoms with Crippen LogP contribution in [0.5, 0.6) is 0 Å². The summed E-state index contributed by atoms with van der Waals surface area (Å²) in [5, 5.41) is 13.9. The minimum Gasteiger partial charge on any atom is -0.629 e. The van der Waals surface area contributed by atoms with Crippen molar-refractivity contribution < 1.29 is 0 Å². The highest BCUT2D eigenvalue weighted by Gasteiger charge is 2.17. The second kappa shape index (κ2) is 13.1. The molecule has 1 aliphatic heterocycles. The van der Waals surface area contributed by atoms with E-state index in [9.17, 15) is 0 Å². The van der Waals surface area contributed by atoms with Crippen molar-refractivity contribution in [3.8, 4) is 27.9 Å². The number of para-hydroxylation sites is 1. The average Bonchev–Trinajstić information content (AvgIpc) is 3.58. The van der Waals surface area contributed by atoms with Crippen LogP contribution in [0.1, 0.15) is 28.9 Å². The maximum Gasteiger partial charge on any atom is 0.0541 e. The minimum atomic E-state index is -0.125. The van der Waals surface area contributed by atoms with Crippen molar-refractivity contribution in [1.29, 1.82) is 0 Å². The number of nitrogens with one attached hydrogen (secondary N) is 1. The van der Waals surface area contributed by atoms with E-state index >= 15 is 0 Å². The normalized spacial score (nSPS) is 15.7. The smallest absolute Gasteiger partial charge is 0.0541 e. The van der Waals surface area contributed by atoms with Crippen LogP contribution in [0.4, 0.5) is 0 Å². The summed E-state index contributed by atoms with van der Waals surface area (Å²) in [7, 11) is 0. The lowest BCUT2D eigenvalue weighted by molar-refractivity contribution is 0.664. The van der Waals surface area contributed by atoms with Gasteiger partial charge in [-0.1, -0.05) is 175 Å². The topological polar surface area (TPSA) is 31.1 Å². The first-order valence-electron chi connectivity index (χ1n) is 18.3. The van der Waals surface area contributed by atoms with E-state index in [0.29, 0.717) is 0 Å². The molecule has 1 aromatic heterocycles. The van der Waals surface area contributed by atoms with E-state index in [-0.39, 0.29) is 12.2 Å². The van der Waals surface area contributed by atoms with Gasteiger partial charge >= 0.3 is 0 Å². The molecule has 2 unspecified atom stereocenters.